The summed E-state index contributed by atoms with van der Waals surface area (Å²) in [6, 6.07) is 0.591. The van der Waals surface area contributed by atoms with Crippen molar-refractivity contribution in [2.24, 2.45) is 0 Å². The lowest BCUT2D eigenvalue weighted by atomic mass is 10.1. The number of ether oxygens (including phenoxy) is 1. The average molecular weight is 308 g/mol. The molecule has 2 saturated heterocycles. The highest BCUT2D eigenvalue weighted by Crippen LogP contribution is 2.25. The summed E-state index contributed by atoms with van der Waals surface area (Å²) >= 11 is 0. The third kappa shape index (κ3) is 3.83. The van der Waals surface area contributed by atoms with Gasteiger partial charge in [0.2, 0.25) is 0 Å². The molecule has 22 heavy (non-hydrogen) atoms. The number of piperidine rings is 1. The molecular formula is C18H32N2O2. The summed E-state index contributed by atoms with van der Waals surface area (Å²) in [5.41, 5.74) is 0. The number of hydrogen-bond donors (Lipinski definition) is 0. The maximum absolute atomic E-state index is 12.8. The molecule has 2 unspecified atom stereocenters. The van der Waals surface area contributed by atoms with E-state index >= 15 is 0 Å². The molecule has 4 heteroatoms. The van der Waals surface area contributed by atoms with Gasteiger partial charge in [-0.3, -0.25) is 9.69 Å². The van der Waals surface area contributed by atoms with E-state index in [-0.39, 0.29) is 12.0 Å². The first kappa shape index (κ1) is 16.3. The summed E-state index contributed by atoms with van der Waals surface area (Å²) in [6.07, 6.45) is 10.9. The van der Waals surface area contributed by atoms with Crippen LogP contribution in [0, 0.1) is 0 Å². The van der Waals surface area contributed by atoms with Crippen LogP contribution in [0.2, 0.25) is 0 Å². The van der Waals surface area contributed by atoms with Gasteiger partial charge in [-0.25, -0.2) is 0 Å². The highest BCUT2D eigenvalue weighted by atomic mass is 16.5. The average Bonchev–Trinajstić information content (AvgIpc) is 3.24. The molecule has 2 atom stereocenters. The first-order chi connectivity index (χ1) is 10.8. The molecule has 1 aliphatic carbocycles. The van der Waals surface area contributed by atoms with Crippen molar-refractivity contribution < 1.29 is 9.53 Å². The molecule has 0 bridgehead atoms. The normalized spacial score (nSPS) is 29.1. The van der Waals surface area contributed by atoms with E-state index < -0.39 is 0 Å². The minimum atomic E-state index is -0.205. The molecule has 0 N–H and O–H groups in total. The van der Waals surface area contributed by atoms with Gasteiger partial charge in [0, 0.05) is 19.1 Å². The fraction of sp³-hybridized carbons (Fsp3) is 0.944. The van der Waals surface area contributed by atoms with Gasteiger partial charge in [0.05, 0.1) is 6.10 Å². The van der Waals surface area contributed by atoms with Gasteiger partial charge in [0.15, 0.2) is 0 Å². The predicted molar refractivity (Wildman–Crippen MR) is 87.8 cm³/mol. The van der Waals surface area contributed by atoms with Crippen LogP contribution in [0.1, 0.15) is 64.7 Å². The van der Waals surface area contributed by atoms with Crippen molar-refractivity contribution in [1.29, 1.82) is 0 Å². The molecule has 0 aromatic heterocycles. The highest BCUT2D eigenvalue weighted by Gasteiger charge is 2.34. The van der Waals surface area contributed by atoms with Crippen molar-refractivity contribution in [3.8, 4) is 0 Å². The lowest BCUT2D eigenvalue weighted by Crippen LogP contribution is -2.44. The lowest BCUT2D eigenvalue weighted by molar-refractivity contribution is -0.146. The van der Waals surface area contributed by atoms with Gasteiger partial charge in [-0.2, -0.15) is 0 Å². The SMILES string of the molecule is CCC(OC1CCCC1)C(=O)N1CCC(N2CCCCC2)C1. The number of nitrogens with zero attached hydrogens (tertiary/aromatic N) is 2. The quantitative estimate of drug-likeness (QED) is 0.783. The number of amides is 1. The standard InChI is InChI=1S/C18H32N2O2/c1-2-17(22-16-8-4-5-9-16)18(21)20-13-10-15(14-20)19-11-6-3-7-12-19/h15-17H,2-14H2,1H3. The van der Waals surface area contributed by atoms with E-state index in [1.165, 1.54) is 45.2 Å². The molecule has 4 nitrogen and oxygen atoms in total. The number of likely N-dealkylation sites (tertiary alicyclic amines) is 2. The van der Waals surface area contributed by atoms with Crippen molar-refractivity contribution in [3.05, 3.63) is 0 Å². The maximum atomic E-state index is 12.8. The summed E-state index contributed by atoms with van der Waals surface area (Å²) in [5.74, 6) is 0.244. The van der Waals surface area contributed by atoms with Crippen molar-refractivity contribution in [3.63, 3.8) is 0 Å². The van der Waals surface area contributed by atoms with E-state index in [4.69, 9.17) is 4.74 Å². The van der Waals surface area contributed by atoms with Crippen LogP contribution >= 0.6 is 0 Å². The molecule has 2 heterocycles. The Labute approximate surface area is 135 Å². The molecule has 3 fully saturated rings. The van der Waals surface area contributed by atoms with Crippen molar-refractivity contribution in [2.45, 2.75) is 83.0 Å². The Balaban J connectivity index is 1.50. The second kappa shape index (κ2) is 7.78. The van der Waals surface area contributed by atoms with Crippen LogP contribution in [0.5, 0.6) is 0 Å². The Kier molecular flexibility index (Phi) is 5.75. The van der Waals surface area contributed by atoms with Gasteiger partial charge in [-0.05, 0) is 51.6 Å². The third-order valence-corrected chi connectivity index (χ3v) is 5.69. The smallest absolute Gasteiger partial charge is 0.251 e. The zero-order valence-electron chi connectivity index (χ0n) is 14.1. The van der Waals surface area contributed by atoms with Gasteiger partial charge in [0.1, 0.15) is 6.10 Å². The monoisotopic (exact) mass is 308 g/mol. The second-order valence-electron chi connectivity index (χ2n) is 7.26. The summed E-state index contributed by atoms with van der Waals surface area (Å²) in [5, 5.41) is 0. The van der Waals surface area contributed by atoms with Crippen LogP contribution in [0.25, 0.3) is 0 Å². The van der Waals surface area contributed by atoms with E-state index in [0.717, 1.165) is 38.8 Å². The maximum Gasteiger partial charge on any atom is 0.251 e. The van der Waals surface area contributed by atoms with Gasteiger partial charge < -0.3 is 9.64 Å². The zero-order valence-corrected chi connectivity index (χ0v) is 14.1. The Morgan fingerprint density at radius 1 is 1.05 bits per heavy atom. The predicted octanol–water partition coefficient (Wildman–Crippen LogP) is 2.81. The summed E-state index contributed by atoms with van der Waals surface area (Å²) < 4.78 is 6.11. The van der Waals surface area contributed by atoms with E-state index in [1.807, 2.05) is 0 Å². The molecule has 0 aromatic carbocycles. The Morgan fingerprint density at radius 2 is 1.77 bits per heavy atom. The summed E-state index contributed by atoms with van der Waals surface area (Å²) in [6.45, 7) is 6.37. The van der Waals surface area contributed by atoms with Gasteiger partial charge in [0.25, 0.3) is 5.91 Å². The minimum Gasteiger partial charge on any atom is -0.365 e. The topological polar surface area (TPSA) is 32.8 Å². The number of hydrogen-bond acceptors (Lipinski definition) is 3. The van der Waals surface area contributed by atoms with Gasteiger partial charge >= 0.3 is 0 Å². The van der Waals surface area contributed by atoms with Crippen LogP contribution in [0.4, 0.5) is 0 Å². The Bertz CT molecular complexity index is 362. The molecule has 3 rings (SSSR count). The molecule has 0 radical (unpaired) electrons. The molecule has 1 saturated carbocycles. The van der Waals surface area contributed by atoms with Gasteiger partial charge in [-0.1, -0.05) is 26.2 Å². The first-order valence-corrected chi connectivity index (χ1v) is 9.46. The first-order valence-electron chi connectivity index (χ1n) is 9.46. The number of carbonyl (C=O) groups is 1. The third-order valence-electron chi connectivity index (χ3n) is 5.69. The van der Waals surface area contributed by atoms with E-state index in [2.05, 4.69) is 16.7 Å². The largest absolute Gasteiger partial charge is 0.365 e. The summed E-state index contributed by atoms with van der Waals surface area (Å²) in [7, 11) is 0. The van der Waals surface area contributed by atoms with Crippen LogP contribution in [-0.4, -0.2) is 60.1 Å². The van der Waals surface area contributed by atoms with E-state index in [9.17, 15) is 4.79 Å². The molecular weight excluding hydrogens is 276 g/mol. The molecule has 3 aliphatic rings. The van der Waals surface area contributed by atoms with Crippen molar-refractivity contribution >= 4 is 5.91 Å². The van der Waals surface area contributed by atoms with E-state index in [1.54, 1.807) is 0 Å². The zero-order chi connectivity index (χ0) is 15.4. The van der Waals surface area contributed by atoms with Gasteiger partial charge in [-0.15, -0.1) is 0 Å². The highest BCUT2D eigenvalue weighted by molar-refractivity contribution is 5.81. The number of carbonyl (C=O) groups excluding carboxylic acids is 1. The molecule has 126 valence electrons. The molecule has 1 amide bonds. The fourth-order valence-corrected chi connectivity index (χ4v) is 4.31. The van der Waals surface area contributed by atoms with E-state index in [0.29, 0.717) is 12.1 Å². The number of rotatable bonds is 5. The van der Waals surface area contributed by atoms with Crippen molar-refractivity contribution in [1.82, 2.24) is 9.80 Å². The second-order valence-corrected chi connectivity index (χ2v) is 7.26. The summed E-state index contributed by atoms with van der Waals surface area (Å²) in [4.78, 5) is 17.5. The van der Waals surface area contributed by atoms with Crippen LogP contribution in [-0.2, 0) is 9.53 Å². The molecule has 0 spiro atoms. The molecule has 0 aromatic rings. The Hall–Kier alpha value is -0.610. The van der Waals surface area contributed by atoms with Crippen LogP contribution < -0.4 is 0 Å². The minimum absolute atomic E-state index is 0.205. The Morgan fingerprint density at radius 3 is 2.45 bits per heavy atom. The molecule has 2 aliphatic heterocycles. The van der Waals surface area contributed by atoms with Crippen LogP contribution in [0.15, 0.2) is 0 Å². The van der Waals surface area contributed by atoms with Crippen molar-refractivity contribution in [2.75, 3.05) is 26.2 Å². The van der Waals surface area contributed by atoms with Crippen LogP contribution in [0.3, 0.4) is 0 Å². The lowest BCUT2D eigenvalue weighted by Gasteiger charge is -2.32. The fourth-order valence-electron chi connectivity index (χ4n) is 4.31.